The van der Waals surface area contributed by atoms with Crippen LogP contribution in [0.3, 0.4) is 0 Å². The number of rotatable bonds is 2. The lowest BCUT2D eigenvalue weighted by Gasteiger charge is -2.07. The summed E-state index contributed by atoms with van der Waals surface area (Å²) < 4.78 is 15.2. The molecular weight excluding hydrogens is 285 g/mol. The lowest BCUT2D eigenvalue weighted by molar-refractivity contribution is 0.626. The first-order valence-electron chi connectivity index (χ1n) is 4.91. The van der Waals surface area contributed by atoms with Crippen molar-refractivity contribution in [2.45, 2.75) is 6.54 Å². The van der Waals surface area contributed by atoms with Gasteiger partial charge in [0.1, 0.15) is 22.2 Å². The second-order valence-corrected chi connectivity index (χ2v) is 4.35. The summed E-state index contributed by atoms with van der Waals surface area (Å²) in [5.41, 5.74) is 7.61. The van der Waals surface area contributed by atoms with E-state index in [-0.39, 0.29) is 5.82 Å². The largest absolute Gasteiger partial charge is 0.397 e. The van der Waals surface area contributed by atoms with E-state index in [0.717, 1.165) is 5.56 Å². The van der Waals surface area contributed by atoms with Crippen LogP contribution < -0.4 is 5.73 Å². The SMILES string of the molecule is N#Cc1cc(N)c(Br)n1Cc1ccc(F)cc1. The molecule has 5 heteroatoms. The van der Waals surface area contributed by atoms with E-state index >= 15 is 0 Å². The number of aromatic nitrogens is 1. The second kappa shape index (κ2) is 4.60. The summed E-state index contributed by atoms with van der Waals surface area (Å²) in [4.78, 5) is 0. The molecule has 0 fully saturated rings. The molecule has 2 aromatic rings. The summed E-state index contributed by atoms with van der Waals surface area (Å²) in [7, 11) is 0. The Labute approximate surface area is 106 Å². The van der Waals surface area contributed by atoms with Crippen molar-refractivity contribution in [3.8, 4) is 6.07 Å². The van der Waals surface area contributed by atoms with Crippen LogP contribution in [0.4, 0.5) is 10.1 Å². The van der Waals surface area contributed by atoms with E-state index in [9.17, 15) is 4.39 Å². The maximum absolute atomic E-state index is 12.8. The highest BCUT2D eigenvalue weighted by Crippen LogP contribution is 2.25. The first kappa shape index (κ1) is 11.7. The minimum Gasteiger partial charge on any atom is -0.397 e. The van der Waals surface area contributed by atoms with Gasteiger partial charge in [0.15, 0.2) is 0 Å². The van der Waals surface area contributed by atoms with Gasteiger partial charge in [-0.1, -0.05) is 12.1 Å². The standard InChI is InChI=1S/C12H9BrFN3/c13-12-11(16)5-10(6-15)17(12)7-8-1-3-9(14)4-2-8/h1-5H,7,16H2. The van der Waals surface area contributed by atoms with Crippen LogP contribution >= 0.6 is 15.9 Å². The molecule has 0 radical (unpaired) electrons. The number of hydrogen-bond donors (Lipinski definition) is 1. The van der Waals surface area contributed by atoms with Gasteiger partial charge < -0.3 is 10.3 Å². The lowest BCUT2D eigenvalue weighted by atomic mass is 10.2. The average molecular weight is 294 g/mol. The Bertz CT molecular complexity index is 581. The number of anilines is 1. The fraction of sp³-hybridized carbons (Fsp3) is 0.0833. The molecule has 0 spiro atoms. The van der Waals surface area contributed by atoms with Gasteiger partial charge in [0.05, 0.1) is 5.69 Å². The van der Waals surface area contributed by atoms with Gasteiger partial charge in [-0.25, -0.2) is 4.39 Å². The van der Waals surface area contributed by atoms with Gasteiger partial charge >= 0.3 is 0 Å². The molecule has 86 valence electrons. The van der Waals surface area contributed by atoms with Crippen LogP contribution in [-0.4, -0.2) is 4.57 Å². The van der Waals surface area contributed by atoms with E-state index in [1.54, 1.807) is 22.8 Å². The molecule has 1 heterocycles. The molecule has 0 unspecified atom stereocenters. The molecule has 0 aliphatic heterocycles. The molecule has 0 atom stereocenters. The van der Waals surface area contributed by atoms with Gasteiger partial charge in [0.2, 0.25) is 0 Å². The summed E-state index contributed by atoms with van der Waals surface area (Å²) >= 11 is 3.33. The molecule has 2 rings (SSSR count). The molecule has 0 bridgehead atoms. The maximum atomic E-state index is 12.8. The first-order chi connectivity index (χ1) is 8.11. The van der Waals surface area contributed by atoms with Crippen LogP contribution in [0.2, 0.25) is 0 Å². The molecule has 2 N–H and O–H groups in total. The number of nitriles is 1. The molecule has 1 aromatic heterocycles. The van der Waals surface area contributed by atoms with Crippen molar-refractivity contribution in [2.24, 2.45) is 0 Å². The number of benzene rings is 1. The number of hydrogen-bond acceptors (Lipinski definition) is 2. The van der Waals surface area contributed by atoms with E-state index in [1.807, 2.05) is 0 Å². The van der Waals surface area contributed by atoms with Crippen LogP contribution in [-0.2, 0) is 6.54 Å². The third kappa shape index (κ3) is 2.32. The highest BCUT2D eigenvalue weighted by Gasteiger charge is 2.10. The molecule has 17 heavy (non-hydrogen) atoms. The molecule has 0 amide bonds. The van der Waals surface area contributed by atoms with E-state index < -0.39 is 0 Å². The lowest BCUT2D eigenvalue weighted by Crippen LogP contribution is -2.02. The van der Waals surface area contributed by atoms with Crippen LogP contribution in [0.25, 0.3) is 0 Å². The molecule has 0 aliphatic carbocycles. The van der Waals surface area contributed by atoms with Crippen molar-refractivity contribution < 1.29 is 4.39 Å². The van der Waals surface area contributed by atoms with Crippen LogP contribution in [0, 0.1) is 17.1 Å². The number of halogens is 2. The van der Waals surface area contributed by atoms with Crippen molar-refractivity contribution >= 4 is 21.6 Å². The number of nitrogens with zero attached hydrogens (tertiary/aromatic N) is 2. The minimum absolute atomic E-state index is 0.277. The zero-order chi connectivity index (χ0) is 12.4. The zero-order valence-electron chi connectivity index (χ0n) is 8.82. The monoisotopic (exact) mass is 293 g/mol. The molecule has 3 nitrogen and oxygen atoms in total. The van der Waals surface area contributed by atoms with E-state index in [1.165, 1.54) is 12.1 Å². The Kier molecular flexibility index (Phi) is 3.16. The van der Waals surface area contributed by atoms with Crippen LogP contribution in [0.1, 0.15) is 11.3 Å². The van der Waals surface area contributed by atoms with Gasteiger partial charge in [-0.2, -0.15) is 5.26 Å². The van der Waals surface area contributed by atoms with Crippen LogP contribution in [0.15, 0.2) is 34.9 Å². The Hall–Kier alpha value is -1.80. The summed E-state index contributed by atoms with van der Waals surface area (Å²) in [6, 6.07) is 9.81. The van der Waals surface area contributed by atoms with Gasteiger partial charge in [0, 0.05) is 6.54 Å². The van der Waals surface area contributed by atoms with E-state index in [0.29, 0.717) is 22.5 Å². The van der Waals surface area contributed by atoms with Crippen molar-refractivity contribution in [1.82, 2.24) is 4.57 Å². The maximum Gasteiger partial charge on any atom is 0.123 e. The molecule has 0 saturated heterocycles. The number of nitrogens with two attached hydrogens (primary N) is 1. The summed E-state index contributed by atoms with van der Waals surface area (Å²) in [6.45, 7) is 0.473. The average Bonchev–Trinajstić information content (AvgIpc) is 2.59. The second-order valence-electron chi connectivity index (χ2n) is 3.60. The normalized spacial score (nSPS) is 10.2. The molecular formula is C12H9BrFN3. The van der Waals surface area contributed by atoms with Gasteiger partial charge in [0.25, 0.3) is 0 Å². The Morgan fingerprint density at radius 2 is 2.00 bits per heavy atom. The van der Waals surface area contributed by atoms with Crippen LogP contribution in [0.5, 0.6) is 0 Å². The summed E-state index contributed by atoms with van der Waals surface area (Å²) in [5, 5.41) is 8.97. The first-order valence-corrected chi connectivity index (χ1v) is 5.70. The molecule has 0 aliphatic rings. The van der Waals surface area contributed by atoms with Crippen molar-refractivity contribution in [3.63, 3.8) is 0 Å². The van der Waals surface area contributed by atoms with Gasteiger partial charge in [-0.15, -0.1) is 0 Å². The van der Waals surface area contributed by atoms with Crippen molar-refractivity contribution in [3.05, 3.63) is 52.0 Å². The predicted molar refractivity (Wildman–Crippen MR) is 66.8 cm³/mol. The highest BCUT2D eigenvalue weighted by atomic mass is 79.9. The third-order valence-electron chi connectivity index (χ3n) is 2.43. The van der Waals surface area contributed by atoms with E-state index in [2.05, 4.69) is 22.0 Å². The van der Waals surface area contributed by atoms with Gasteiger partial charge in [-0.05, 0) is 39.7 Å². The topological polar surface area (TPSA) is 54.7 Å². The summed E-state index contributed by atoms with van der Waals surface area (Å²) in [5.74, 6) is -0.277. The molecule has 1 aromatic carbocycles. The fourth-order valence-electron chi connectivity index (χ4n) is 1.57. The quantitative estimate of drug-likeness (QED) is 0.926. The van der Waals surface area contributed by atoms with E-state index in [4.69, 9.17) is 11.0 Å². The highest BCUT2D eigenvalue weighted by molar-refractivity contribution is 9.10. The Morgan fingerprint density at radius 1 is 1.35 bits per heavy atom. The third-order valence-corrected chi connectivity index (χ3v) is 3.31. The zero-order valence-corrected chi connectivity index (χ0v) is 10.4. The predicted octanol–water partition coefficient (Wildman–Crippen LogP) is 2.89. The Balaban J connectivity index is 2.36. The van der Waals surface area contributed by atoms with Gasteiger partial charge in [-0.3, -0.25) is 0 Å². The summed E-state index contributed by atoms with van der Waals surface area (Å²) in [6.07, 6.45) is 0. The smallest absolute Gasteiger partial charge is 0.123 e. The fourth-order valence-corrected chi connectivity index (χ4v) is 2.00. The Morgan fingerprint density at radius 3 is 2.59 bits per heavy atom. The minimum atomic E-state index is -0.277. The van der Waals surface area contributed by atoms with Crippen molar-refractivity contribution in [1.29, 1.82) is 5.26 Å². The molecule has 0 saturated carbocycles. The number of nitrogen functional groups attached to an aromatic ring is 1. The van der Waals surface area contributed by atoms with Crippen molar-refractivity contribution in [2.75, 3.05) is 5.73 Å².